The number of nitro groups is 1. The van der Waals surface area contributed by atoms with E-state index in [-0.39, 0.29) is 45.7 Å². The number of halogens is 1. The molecule has 0 bridgehead atoms. The molecule has 29 heavy (non-hydrogen) atoms. The molecule has 0 atom stereocenters. The zero-order chi connectivity index (χ0) is 20.9. The smallest absolute Gasteiger partial charge is 0.293 e. The van der Waals surface area contributed by atoms with Gasteiger partial charge in [-0.2, -0.15) is 0 Å². The molecule has 1 fully saturated rings. The van der Waals surface area contributed by atoms with Crippen molar-refractivity contribution in [2.45, 2.75) is 32.1 Å². The molecule has 2 rings (SSSR count). The third-order valence-electron chi connectivity index (χ3n) is 4.59. The van der Waals surface area contributed by atoms with E-state index in [0.29, 0.717) is 13.1 Å². The van der Waals surface area contributed by atoms with Crippen molar-refractivity contribution >= 4 is 51.1 Å². The highest BCUT2D eigenvalue weighted by Gasteiger charge is 2.30. The summed E-state index contributed by atoms with van der Waals surface area (Å²) in [5, 5.41) is 17.6. The summed E-state index contributed by atoms with van der Waals surface area (Å²) in [7, 11) is -3.51. The Morgan fingerprint density at radius 2 is 2.07 bits per heavy atom. The SMILES string of the molecule is CCNC(=NCCNc1ccc(S(C)(=O)=O)cc1[N+](=O)[O-])N1CCC(C)(C)C1.I. The van der Waals surface area contributed by atoms with Crippen molar-refractivity contribution < 1.29 is 13.3 Å². The second-order valence-electron chi connectivity index (χ2n) is 7.71. The molecule has 1 aliphatic heterocycles. The van der Waals surface area contributed by atoms with Crippen molar-refractivity contribution in [2.24, 2.45) is 10.4 Å². The number of nitrogens with one attached hydrogen (secondary N) is 2. The molecule has 9 nitrogen and oxygen atoms in total. The lowest BCUT2D eigenvalue weighted by Crippen LogP contribution is -2.41. The van der Waals surface area contributed by atoms with Crippen molar-refractivity contribution in [2.75, 3.05) is 44.3 Å². The summed E-state index contributed by atoms with van der Waals surface area (Å²) >= 11 is 0. The Morgan fingerprint density at radius 3 is 2.59 bits per heavy atom. The first-order chi connectivity index (χ1) is 13.0. The Hall–Kier alpha value is -1.63. The maximum absolute atomic E-state index is 11.6. The molecule has 1 aromatic carbocycles. The zero-order valence-electron chi connectivity index (χ0n) is 17.3. The van der Waals surface area contributed by atoms with Gasteiger partial charge in [-0.05, 0) is 30.9 Å². The van der Waals surface area contributed by atoms with Crippen molar-refractivity contribution in [3.05, 3.63) is 28.3 Å². The first-order valence-electron chi connectivity index (χ1n) is 9.29. The summed E-state index contributed by atoms with van der Waals surface area (Å²) in [6.07, 6.45) is 2.13. The van der Waals surface area contributed by atoms with E-state index in [1.54, 1.807) is 0 Å². The van der Waals surface area contributed by atoms with E-state index >= 15 is 0 Å². The molecule has 2 N–H and O–H groups in total. The van der Waals surface area contributed by atoms with Gasteiger partial charge in [0, 0.05) is 38.5 Å². The Labute approximate surface area is 189 Å². The van der Waals surface area contributed by atoms with Crippen molar-refractivity contribution in [1.29, 1.82) is 0 Å². The second kappa shape index (κ2) is 10.4. The number of benzene rings is 1. The molecular formula is C18H30IN5O4S. The van der Waals surface area contributed by atoms with Crippen LogP contribution in [0.3, 0.4) is 0 Å². The van der Waals surface area contributed by atoms with Crippen LogP contribution in [0.2, 0.25) is 0 Å². The fourth-order valence-electron chi connectivity index (χ4n) is 3.11. The average Bonchev–Trinajstić information content (AvgIpc) is 2.96. The molecule has 0 amide bonds. The number of nitro benzene ring substituents is 1. The molecule has 1 aliphatic rings. The normalized spacial score (nSPS) is 16.3. The summed E-state index contributed by atoms with van der Waals surface area (Å²) in [6, 6.07) is 3.87. The number of hydrogen-bond donors (Lipinski definition) is 2. The molecular weight excluding hydrogens is 509 g/mol. The highest BCUT2D eigenvalue weighted by molar-refractivity contribution is 14.0. The number of likely N-dealkylation sites (tertiary alicyclic amines) is 1. The van der Waals surface area contributed by atoms with Crippen LogP contribution in [-0.4, -0.2) is 63.2 Å². The van der Waals surface area contributed by atoms with Gasteiger partial charge >= 0.3 is 0 Å². The lowest BCUT2D eigenvalue weighted by molar-refractivity contribution is -0.384. The number of aliphatic imine (C=N–C) groups is 1. The summed E-state index contributed by atoms with van der Waals surface area (Å²) in [5.41, 5.74) is 0.274. The summed E-state index contributed by atoms with van der Waals surface area (Å²) in [5.74, 6) is 0.844. The van der Waals surface area contributed by atoms with Gasteiger partial charge in [0.1, 0.15) is 5.69 Å². The summed E-state index contributed by atoms with van der Waals surface area (Å²) in [4.78, 5) is 17.5. The van der Waals surface area contributed by atoms with E-state index in [2.05, 4.69) is 34.4 Å². The molecule has 1 heterocycles. The van der Waals surface area contributed by atoms with Crippen LogP contribution in [0.4, 0.5) is 11.4 Å². The predicted molar refractivity (Wildman–Crippen MR) is 126 cm³/mol. The first kappa shape index (κ1) is 25.4. The van der Waals surface area contributed by atoms with Crippen LogP contribution in [0.5, 0.6) is 0 Å². The highest BCUT2D eigenvalue weighted by atomic mass is 127. The Bertz CT molecular complexity index is 858. The Morgan fingerprint density at radius 1 is 1.38 bits per heavy atom. The third-order valence-corrected chi connectivity index (χ3v) is 5.70. The molecule has 0 radical (unpaired) electrons. The van der Waals surface area contributed by atoms with Crippen molar-refractivity contribution in [3.63, 3.8) is 0 Å². The standard InChI is InChI=1S/C18H29N5O4S.HI/c1-5-19-17(22-11-8-18(2,3)13-22)21-10-9-20-15-7-6-14(28(4,26)27)12-16(15)23(24)25;/h6-7,12,20H,5,8-11,13H2,1-4H3,(H,19,21);1H. The van der Waals surface area contributed by atoms with Gasteiger partial charge in [0.15, 0.2) is 15.8 Å². The minimum absolute atomic E-state index is 0. The largest absolute Gasteiger partial charge is 0.378 e. The molecule has 0 aliphatic carbocycles. The van der Waals surface area contributed by atoms with Gasteiger partial charge in [0.25, 0.3) is 5.69 Å². The van der Waals surface area contributed by atoms with E-state index in [1.165, 1.54) is 12.1 Å². The van der Waals surface area contributed by atoms with Gasteiger partial charge in [0.2, 0.25) is 0 Å². The molecule has 1 aromatic rings. The number of anilines is 1. The molecule has 0 saturated carbocycles. The molecule has 0 spiro atoms. The van der Waals surface area contributed by atoms with Gasteiger partial charge in [-0.1, -0.05) is 13.8 Å². The maximum atomic E-state index is 11.6. The highest BCUT2D eigenvalue weighted by Crippen LogP contribution is 2.29. The number of nitrogens with zero attached hydrogens (tertiary/aromatic N) is 3. The summed E-state index contributed by atoms with van der Waals surface area (Å²) in [6.45, 7) is 9.96. The van der Waals surface area contributed by atoms with E-state index < -0.39 is 14.8 Å². The third kappa shape index (κ3) is 7.28. The minimum Gasteiger partial charge on any atom is -0.378 e. The van der Waals surface area contributed by atoms with Crippen LogP contribution < -0.4 is 10.6 Å². The van der Waals surface area contributed by atoms with Gasteiger partial charge in [0.05, 0.1) is 16.4 Å². The molecule has 1 saturated heterocycles. The quantitative estimate of drug-likeness (QED) is 0.137. The minimum atomic E-state index is -3.51. The van der Waals surface area contributed by atoms with Gasteiger partial charge in [-0.25, -0.2) is 8.42 Å². The van der Waals surface area contributed by atoms with Crippen molar-refractivity contribution in [1.82, 2.24) is 10.2 Å². The fourth-order valence-corrected chi connectivity index (χ4v) is 3.75. The van der Waals surface area contributed by atoms with Crippen LogP contribution in [-0.2, 0) is 9.84 Å². The lowest BCUT2D eigenvalue weighted by Gasteiger charge is -2.23. The van der Waals surface area contributed by atoms with E-state index in [1.807, 2.05) is 6.92 Å². The van der Waals surface area contributed by atoms with Crippen LogP contribution >= 0.6 is 24.0 Å². The second-order valence-corrected chi connectivity index (χ2v) is 9.72. The van der Waals surface area contributed by atoms with Crippen LogP contribution in [0.25, 0.3) is 0 Å². The maximum Gasteiger partial charge on any atom is 0.293 e. The summed E-state index contributed by atoms with van der Waals surface area (Å²) < 4.78 is 23.2. The Kier molecular flexibility index (Phi) is 9.12. The topological polar surface area (TPSA) is 117 Å². The molecule has 164 valence electrons. The average molecular weight is 539 g/mol. The number of guanidine groups is 1. The van der Waals surface area contributed by atoms with Crippen molar-refractivity contribution in [3.8, 4) is 0 Å². The van der Waals surface area contributed by atoms with E-state index in [9.17, 15) is 18.5 Å². The predicted octanol–water partition coefficient (Wildman–Crippen LogP) is 2.73. The molecule has 0 unspecified atom stereocenters. The zero-order valence-corrected chi connectivity index (χ0v) is 20.4. The molecule has 0 aromatic heterocycles. The lowest BCUT2D eigenvalue weighted by atomic mass is 9.93. The van der Waals surface area contributed by atoms with Crippen LogP contribution in [0.1, 0.15) is 27.2 Å². The van der Waals surface area contributed by atoms with Crippen LogP contribution in [0, 0.1) is 15.5 Å². The van der Waals surface area contributed by atoms with Gasteiger partial charge < -0.3 is 15.5 Å². The number of sulfone groups is 1. The monoisotopic (exact) mass is 539 g/mol. The molecule has 11 heteroatoms. The number of hydrogen-bond acceptors (Lipinski definition) is 6. The van der Waals surface area contributed by atoms with Gasteiger partial charge in [-0.3, -0.25) is 15.1 Å². The first-order valence-corrected chi connectivity index (χ1v) is 11.2. The number of rotatable bonds is 7. The van der Waals surface area contributed by atoms with Crippen LogP contribution in [0.15, 0.2) is 28.1 Å². The van der Waals surface area contributed by atoms with Gasteiger partial charge in [-0.15, -0.1) is 24.0 Å². The fraction of sp³-hybridized carbons (Fsp3) is 0.611. The Balaban J connectivity index is 0.00000420. The van der Waals surface area contributed by atoms with E-state index in [0.717, 1.165) is 44.3 Å². The van der Waals surface area contributed by atoms with E-state index in [4.69, 9.17) is 0 Å².